The van der Waals surface area contributed by atoms with Crippen LogP contribution in [0.2, 0.25) is 0 Å². The normalized spacial score (nSPS) is 21.0. The number of ketones is 2. The number of hydrogen-bond acceptors (Lipinski definition) is 6. The Morgan fingerprint density at radius 1 is 0.943 bits per heavy atom. The van der Waals surface area contributed by atoms with Gasteiger partial charge in [0.1, 0.15) is 11.7 Å². The topological polar surface area (TPSA) is 76.2 Å². The van der Waals surface area contributed by atoms with E-state index < -0.39 is 23.7 Å². The van der Waals surface area contributed by atoms with Crippen LogP contribution in [0.3, 0.4) is 0 Å². The third kappa shape index (κ3) is 4.45. The van der Waals surface area contributed by atoms with Gasteiger partial charge >= 0.3 is 0 Å². The maximum Gasteiger partial charge on any atom is 0.291 e. The Hall–Kier alpha value is -3.55. The van der Waals surface area contributed by atoms with Crippen molar-refractivity contribution in [1.82, 2.24) is 9.80 Å². The van der Waals surface area contributed by atoms with Gasteiger partial charge in [0.05, 0.1) is 26.4 Å². The lowest BCUT2D eigenvalue weighted by Crippen LogP contribution is -2.43. The zero-order valence-electron chi connectivity index (χ0n) is 19.7. The van der Waals surface area contributed by atoms with Crippen LogP contribution in [-0.2, 0) is 14.3 Å². The number of rotatable bonds is 7. The molecule has 2 fully saturated rings. The number of morpholine rings is 1. The van der Waals surface area contributed by atoms with Gasteiger partial charge in [-0.1, -0.05) is 42.5 Å². The lowest BCUT2D eigenvalue weighted by molar-refractivity contribution is -0.141. The van der Waals surface area contributed by atoms with Crippen molar-refractivity contribution in [3.63, 3.8) is 0 Å². The minimum absolute atomic E-state index is 0.349. The summed E-state index contributed by atoms with van der Waals surface area (Å²) in [5.74, 6) is -2.08. The van der Waals surface area contributed by atoms with Crippen molar-refractivity contribution in [3.8, 4) is 5.75 Å². The summed E-state index contributed by atoms with van der Waals surface area (Å²) in [6, 6.07) is 19.7. The molecule has 2 unspecified atom stereocenters. The average molecular weight is 473 g/mol. The lowest BCUT2D eigenvalue weighted by atomic mass is 9.84. The van der Waals surface area contributed by atoms with E-state index in [0.717, 1.165) is 29.4 Å². The van der Waals surface area contributed by atoms with Crippen molar-refractivity contribution in [2.45, 2.75) is 6.04 Å². The van der Waals surface area contributed by atoms with Gasteiger partial charge in [-0.3, -0.25) is 19.3 Å². The SMILES string of the molecule is COc1ccc(C(=O)C2C(=O)C(=O)N(CCN3CCOCC3)C2c2cccc3ccccc23)cc1. The maximum atomic E-state index is 13.7. The highest BCUT2D eigenvalue weighted by atomic mass is 16.5. The zero-order chi connectivity index (χ0) is 24.4. The predicted octanol–water partition coefficient (Wildman–Crippen LogP) is 3.13. The molecule has 5 rings (SSSR count). The van der Waals surface area contributed by atoms with Gasteiger partial charge in [0.15, 0.2) is 5.78 Å². The van der Waals surface area contributed by atoms with Gasteiger partial charge in [-0.2, -0.15) is 0 Å². The van der Waals surface area contributed by atoms with E-state index in [9.17, 15) is 14.4 Å². The standard InChI is InChI=1S/C28H28N2O5/c1-34-21-11-9-20(10-12-21)26(31)24-25(23-8-4-6-19-5-2-3-7-22(19)23)30(28(33)27(24)32)14-13-29-15-17-35-18-16-29/h2-12,24-25H,13-18H2,1H3. The number of benzene rings is 3. The number of amides is 1. The first-order valence-corrected chi connectivity index (χ1v) is 11.9. The Kier molecular flexibility index (Phi) is 6.61. The number of Topliss-reactive ketones (excluding diaryl/α,β-unsaturated/α-hetero) is 2. The molecule has 2 aliphatic heterocycles. The molecular weight excluding hydrogens is 444 g/mol. The van der Waals surface area contributed by atoms with Crippen molar-refractivity contribution < 1.29 is 23.9 Å². The lowest BCUT2D eigenvalue weighted by Gasteiger charge is -2.32. The Labute approximate surface area is 204 Å². The fourth-order valence-corrected chi connectivity index (χ4v) is 5.09. The summed E-state index contributed by atoms with van der Waals surface area (Å²) in [5, 5.41) is 1.94. The molecule has 2 atom stereocenters. The first kappa shape index (κ1) is 23.2. The van der Waals surface area contributed by atoms with Crippen LogP contribution in [-0.4, -0.2) is 73.8 Å². The van der Waals surface area contributed by atoms with Crippen LogP contribution in [0.1, 0.15) is 22.0 Å². The highest BCUT2D eigenvalue weighted by Crippen LogP contribution is 2.41. The van der Waals surface area contributed by atoms with Crippen LogP contribution in [0, 0.1) is 5.92 Å². The second-order valence-corrected chi connectivity index (χ2v) is 8.90. The molecule has 0 saturated carbocycles. The maximum absolute atomic E-state index is 13.7. The monoisotopic (exact) mass is 472 g/mol. The molecule has 1 amide bonds. The Morgan fingerprint density at radius 2 is 1.66 bits per heavy atom. The molecule has 7 heteroatoms. The van der Waals surface area contributed by atoms with Gasteiger partial charge < -0.3 is 14.4 Å². The number of methoxy groups -OCH3 is 1. The van der Waals surface area contributed by atoms with Crippen molar-refractivity contribution in [2.24, 2.45) is 5.92 Å². The highest BCUT2D eigenvalue weighted by Gasteiger charge is 2.51. The third-order valence-electron chi connectivity index (χ3n) is 6.97. The molecule has 2 heterocycles. The highest BCUT2D eigenvalue weighted by molar-refractivity contribution is 6.44. The van der Waals surface area contributed by atoms with Gasteiger partial charge in [-0.05, 0) is 40.6 Å². The third-order valence-corrected chi connectivity index (χ3v) is 6.97. The quantitative estimate of drug-likeness (QED) is 0.299. The fourth-order valence-electron chi connectivity index (χ4n) is 5.09. The Balaban J connectivity index is 1.55. The summed E-state index contributed by atoms with van der Waals surface area (Å²) in [6.45, 7) is 3.85. The number of carbonyl (C=O) groups is 3. The van der Waals surface area contributed by atoms with E-state index in [1.807, 2.05) is 42.5 Å². The van der Waals surface area contributed by atoms with Gasteiger partial charge in [0.25, 0.3) is 5.91 Å². The fraction of sp³-hybridized carbons (Fsp3) is 0.321. The molecule has 2 saturated heterocycles. The minimum atomic E-state index is -1.11. The van der Waals surface area contributed by atoms with Gasteiger partial charge in [-0.25, -0.2) is 0 Å². The van der Waals surface area contributed by atoms with Crippen molar-refractivity contribution in [1.29, 1.82) is 0 Å². The molecule has 0 N–H and O–H groups in total. The van der Waals surface area contributed by atoms with E-state index >= 15 is 0 Å². The van der Waals surface area contributed by atoms with Crippen LogP contribution in [0.4, 0.5) is 0 Å². The van der Waals surface area contributed by atoms with E-state index in [2.05, 4.69) is 4.90 Å². The van der Waals surface area contributed by atoms with Crippen LogP contribution in [0.5, 0.6) is 5.75 Å². The van der Waals surface area contributed by atoms with E-state index in [4.69, 9.17) is 9.47 Å². The van der Waals surface area contributed by atoms with Crippen molar-refractivity contribution in [2.75, 3.05) is 46.5 Å². The molecule has 0 aromatic heterocycles. The second-order valence-electron chi connectivity index (χ2n) is 8.90. The largest absolute Gasteiger partial charge is 0.497 e. The van der Waals surface area contributed by atoms with E-state index in [0.29, 0.717) is 37.6 Å². The molecule has 180 valence electrons. The van der Waals surface area contributed by atoms with Gasteiger partial charge in [0.2, 0.25) is 5.78 Å². The molecule has 3 aromatic carbocycles. The summed E-state index contributed by atoms with van der Waals surface area (Å²) in [4.78, 5) is 44.2. The molecule has 0 bridgehead atoms. The van der Waals surface area contributed by atoms with Crippen LogP contribution in [0.15, 0.2) is 66.7 Å². The summed E-state index contributed by atoms with van der Waals surface area (Å²) in [6.07, 6.45) is 0. The predicted molar refractivity (Wildman–Crippen MR) is 131 cm³/mol. The zero-order valence-corrected chi connectivity index (χ0v) is 19.7. The summed E-state index contributed by atoms with van der Waals surface area (Å²) < 4.78 is 10.6. The van der Waals surface area contributed by atoms with Crippen LogP contribution >= 0.6 is 0 Å². The number of nitrogens with zero attached hydrogens (tertiary/aromatic N) is 2. The van der Waals surface area contributed by atoms with Crippen LogP contribution < -0.4 is 4.74 Å². The first-order valence-electron chi connectivity index (χ1n) is 11.9. The molecule has 35 heavy (non-hydrogen) atoms. The molecule has 2 aliphatic rings. The molecule has 0 spiro atoms. The molecule has 0 aliphatic carbocycles. The van der Waals surface area contributed by atoms with Gasteiger partial charge in [0, 0.05) is 31.7 Å². The molecule has 3 aromatic rings. The Bertz CT molecular complexity index is 1240. The number of fused-ring (bicyclic) bond motifs is 1. The van der Waals surface area contributed by atoms with Gasteiger partial charge in [-0.15, -0.1) is 0 Å². The summed E-state index contributed by atoms with van der Waals surface area (Å²) in [7, 11) is 1.55. The van der Waals surface area contributed by atoms with Crippen molar-refractivity contribution in [3.05, 3.63) is 77.9 Å². The summed E-state index contributed by atoms with van der Waals surface area (Å²) in [5.41, 5.74) is 1.20. The number of ether oxygens (including phenoxy) is 2. The number of hydrogen-bond donors (Lipinski definition) is 0. The number of carbonyl (C=O) groups excluding carboxylic acids is 3. The van der Waals surface area contributed by atoms with Crippen LogP contribution in [0.25, 0.3) is 10.8 Å². The molecular formula is C28H28N2O5. The second kappa shape index (κ2) is 9.98. The van der Waals surface area contributed by atoms with Crippen molar-refractivity contribution >= 4 is 28.2 Å². The average Bonchev–Trinajstić information content (AvgIpc) is 3.16. The van der Waals surface area contributed by atoms with E-state index in [1.165, 1.54) is 0 Å². The van der Waals surface area contributed by atoms with E-state index in [-0.39, 0.29) is 5.78 Å². The summed E-state index contributed by atoms with van der Waals surface area (Å²) >= 11 is 0. The smallest absolute Gasteiger partial charge is 0.291 e. The molecule has 0 radical (unpaired) electrons. The molecule has 7 nitrogen and oxygen atoms in total. The minimum Gasteiger partial charge on any atom is -0.497 e. The Morgan fingerprint density at radius 3 is 2.40 bits per heavy atom. The number of likely N-dealkylation sites (tertiary alicyclic amines) is 1. The first-order chi connectivity index (χ1) is 17.1. The van der Waals surface area contributed by atoms with E-state index in [1.54, 1.807) is 36.3 Å².